The van der Waals surface area contributed by atoms with Gasteiger partial charge in [-0.1, -0.05) is 12.1 Å². The molecule has 6 nitrogen and oxygen atoms in total. The third-order valence-electron chi connectivity index (χ3n) is 4.01. The van der Waals surface area contributed by atoms with Gasteiger partial charge in [-0.3, -0.25) is 9.59 Å². The summed E-state index contributed by atoms with van der Waals surface area (Å²) in [5, 5.41) is 18.4. The van der Waals surface area contributed by atoms with Gasteiger partial charge < -0.3 is 20.8 Å². The molecule has 21 heavy (non-hydrogen) atoms. The number of nitrogens with two attached hydrogens (primary N) is 1. The molecule has 114 valence electrons. The number of carbonyl (C=O) groups is 2. The van der Waals surface area contributed by atoms with Gasteiger partial charge >= 0.3 is 5.97 Å². The Kier molecular flexibility index (Phi) is 4.18. The lowest BCUT2D eigenvalue weighted by Gasteiger charge is -2.23. The quantitative estimate of drug-likeness (QED) is 0.753. The van der Waals surface area contributed by atoms with E-state index in [0.717, 1.165) is 5.56 Å². The van der Waals surface area contributed by atoms with Crippen molar-refractivity contribution >= 4 is 11.9 Å². The molecule has 0 aliphatic carbocycles. The van der Waals surface area contributed by atoms with Crippen molar-refractivity contribution in [2.75, 3.05) is 13.1 Å². The third kappa shape index (κ3) is 3.33. The minimum absolute atomic E-state index is 0.162. The van der Waals surface area contributed by atoms with Crippen molar-refractivity contribution in [3.8, 4) is 5.75 Å². The first kappa shape index (κ1) is 15.3. The van der Waals surface area contributed by atoms with Gasteiger partial charge in [0.1, 0.15) is 5.75 Å². The van der Waals surface area contributed by atoms with Crippen LogP contribution in [0.5, 0.6) is 5.75 Å². The molecule has 1 aliphatic rings. The molecule has 2 rings (SSSR count). The van der Waals surface area contributed by atoms with Gasteiger partial charge in [0.05, 0.1) is 11.5 Å². The van der Waals surface area contributed by atoms with E-state index in [1.165, 1.54) is 4.90 Å². The Morgan fingerprint density at radius 2 is 2.00 bits per heavy atom. The second-order valence-corrected chi connectivity index (χ2v) is 5.85. The molecule has 1 heterocycles. The summed E-state index contributed by atoms with van der Waals surface area (Å²) in [5.41, 5.74) is 5.91. The van der Waals surface area contributed by atoms with Crippen molar-refractivity contribution in [1.82, 2.24) is 4.90 Å². The Bertz CT molecular complexity index is 543. The predicted octanol–water partition coefficient (Wildman–Crippen LogP) is 0.585. The zero-order valence-corrected chi connectivity index (χ0v) is 12.0. The van der Waals surface area contributed by atoms with Crippen LogP contribution in [0.15, 0.2) is 24.3 Å². The number of aromatic hydroxyl groups is 1. The summed E-state index contributed by atoms with van der Waals surface area (Å²) in [6, 6.07) is 5.82. The lowest BCUT2D eigenvalue weighted by atomic mass is 9.90. The second-order valence-electron chi connectivity index (χ2n) is 5.85. The van der Waals surface area contributed by atoms with Crippen LogP contribution in [0.1, 0.15) is 18.9 Å². The molecule has 1 aromatic rings. The number of amides is 1. The average Bonchev–Trinajstić information content (AvgIpc) is 2.84. The molecule has 6 heteroatoms. The Hall–Kier alpha value is -2.08. The number of carboxylic acid groups (broad SMARTS) is 1. The van der Waals surface area contributed by atoms with Gasteiger partial charge in [0.15, 0.2) is 0 Å². The van der Waals surface area contributed by atoms with Crippen LogP contribution in [0.3, 0.4) is 0 Å². The van der Waals surface area contributed by atoms with Gasteiger partial charge in [-0.05, 0) is 37.5 Å². The molecule has 0 saturated carbocycles. The van der Waals surface area contributed by atoms with Crippen LogP contribution in [0.25, 0.3) is 0 Å². The number of hydrogen-bond acceptors (Lipinski definition) is 4. The number of phenols is 1. The van der Waals surface area contributed by atoms with Gasteiger partial charge in [-0.25, -0.2) is 0 Å². The predicted molar refractivity (Wildman–Crippen MR) is 76.7 cm³/mol. The summed E-state index contributed by atoms with van der Waals surface area (Å²) in [6.45, 7) is 2.27. The number of rotatable bonds is 4. The van der Waals surface area contributed by atoms with Crippen LogP contribution < -0.4 is 5.73 Å². The molecule has 4 N–H and O–H groups in total. The summed E-state index contributed by atoms with van der Waals surface area (Å²) in [6.07, 6.45) is 0.805. The molecule has 0 bridgehead atoms. The van der Waals surface area contributed by atoms with Gasteiger partial charge in [0.2, 0.25) is 5.91 Å². The molecular weight excluding hydrogens is 272 g/mol. The van der Waals surface area contributed by atoms with Gasteiger partial charge in [-0.2, -0.15) is 0 Å². The van der Waals surface area contributed by atoms with Gasteiger partial charge in [-0.15, -0.1) is 0 Å². The highest BCUT2D eigenvalue weighted by atomic mass is 16.4. The Balaban J connectivity index is 1.97. The highest BCUT2D eigenvalue weighted by Gasteiger charge is 2.42. The zero-order valence-electron chi connectivity index (χ0n) is 12.0. The van der Waals surface area contributed by atoms with Crippen molar-refractivity contribution in [2.45, 2.75) is 25.8 Å². The van der Waals surface area contributed by atoms with E-state index >= 15 is 0 Å². The fourth-order valence-electron chi connectivity index (χ4n) is 2.53. The van der Waals surface area contributed by atoms with E-state index in [4.69, 9.17) is 5.73 Å². The molecule has 1 saturated heterocycles. The molecule has 0 spiro atoms. The molecule has 1 aromatic carbocycles. The first-order chi connectivity index (χ1) is 9.82. The average molecular weight is 292 g/mol. The van der Waals surface area contributed by atoms with E-state index in [9.17, 15) is 19.8 Å². The van der Waals surface area contributed by atoms with E-state index in [2.05, 4.69) is 0 Å². The van der Waals surface area contributed by atoms with E-state index < -0.39 is 17.4 Å². The number of carboxylic acids is 1. The molecular formula is C15H20N2O4. The van der Waals surface area contributed by atoms with Crippen molar-refractivity contribution in [3.63, 3.8) is 0 Å². The summed E-state index contributed by atoms with van der Waals surface area (Å²) < 4.78 is 0. The molecule has 0 radical (unpaired) electrons. The first-order valence-electron chi connectivity index (χ1n) is 6.87. The van der Waals surface area contributed by atoms with Crippen LogP contribution in [-0.4, -0.2) is 46.1 Å². The van der Waals surface area contributed by atoms with E-state index in [1.54, 1.807) is 31.2 Å². The smallest absolute Gasteiger partial charge is 0.311 e. The van der Waals surface area contributed by atoms with Crippen LogP contribution in [-0.2, 0) is 16.0 Å². The second kappa shape index (κ2) is 5.73. The number of hydrogen-bond donors (Lipinski definition) is 3. The monoisotopic (exact) mass is 292 g/mol. The lowest BCUT2D eigenvalue weighted by Crippen LogP contribution is -2.45. The van der Waals surface area contributed by atoms with Gasteiger partial charge in [0.25, 0.3) is 0 Å². The topological polar surface area (TPSA) is 104 Å². The van der Waals surface area contributed by atoms with Crippen LogP contribution in [0, 0.1) is 5.41 Å². The Morgan fingerprint density at radius 1 is 1.38 bits per heavy atom. The van der Waals surface area contributed by atoms with Crippen LogP contribution >= 0.6 is 0 Å². The minimum Gasteiger partial charge on any atom is -0.508 e. The van der Waals surface area contributed by atoms with E-state index in [-0.39, 0.29) is 18.2 Å². The Labute approximate surface area is 123 Å². The SMILES string of the molecule is CC1(C(=O)O)CCN(C(=O)[C@@H](N)Cc2ccc(O)cc2)C1. The summed E-state index contributed by atoms with van der Waals surface area (Å²) >= 11 is 0. The Morgan fingerprint density at radius 3 is 2.52 bits per heavy atom. The fourth-order valence-corrected chi connectivity index (χ4v) is 2.53. The maximum Gasteiger partial charge on any atom is 0.311 e. The fraction of sp³-hybridized carbons (Fsp3) is 0.467. The highest BCUT2D eigenvalue weighted by molar-refractivity contribution is 5.84. The van der Waals surface area contributed by atoms with Crippen LogP contribution in [0.4, 0.5) is 0 Å². The molecule has 1 unspecified atom stereocenters. The third-order valence-corrected chi connectivity index (χ3v) is 4.01. The zero-order chi connectivity index (χ0) is 15.6. The molecule has 2 atom stereocenters. The number of benzene rings is 1. The normalized spacial score (nSPS) is 23.0. The van der Waals surface area contributed by atoms with Gasteiger partial charge in [0, 0.05) is 13.1 Å². The van der Waals surface area contributed by atoms with Crippen LogP contribution in [0.2, 0.25) is 0 Å². The number of aliphatic carboxylic acids is 1. The summed E-state index contributed by atoms with van der Waals surface area (Å²) in [7, 11) is 0. The van der Waals surface area contributed by atoms with E-state index in [0.29, 0.717) is 19.4 Å². The van der Waals surface area contributed by atoms with Crippen molar-refractivity contribution in [3.05, 3.63) is 29.8 Å². The largest absolute Gasteiger partial charge is 0.508 e. The first-order valence-corrected chi connectivity index (χ1v) is 6.87. The molecule has 1 fully saturated rings. The maximum absolute atomic E-state index is 12.3. The maximum atomic E-state index is 12.3. The van der Waals surface area contributed by atoms with Crippen molar-refractivity contribution in [2.24, 2.45) is 11.1 Å². The van der Waals surface area contributed by atoms with E-state index in [1.807, 2.05) is 0 Å². The number of phenolic OH excluding ortho intramolecular Hbond substituents is 1. The number of nitrogens with zero attached hydrogens (tertiary/aromatic N) is 1. The van der Waals surface area contributed by atoms with Crippen molar-refractivity contribution < 1.29 is 19.8 Å². The highest BCUT2D eigenvalue weighted by Crippen LogP contribution is 2.30. The summed E-state index contributed by atoms with van der Waals surface area (Å²) in [5.74, 6) is -0.951. The molecule has 1 amide bonds. The summed E-state index contributed by atoms with van der Waals surface area (Å²) in [4.78, 5) is 25.0. The standard InChI is InChI=1S/C15H20N2O4/c1-15(14(20)21)6-7-17(9-15)13(19)12(16)8-10-2-4-11(18)5-3-10/h2-5,12,18H,6-9,16H2,1H3,(H,20,21)/t12-,15?/m0/s1. The molecule has 0 aromatic heterocycles. The molecule has 1 aliphatic heterocycles. The minimum atomic E-state index is -0.884. The number of carbonyl (C=O) groups excluding carboxylic acids is 1. The lowest BCUT2D eigenvalue weighted by molar-refractivity contribution is -0.147. The number of likely N-dealkylation sites (tertiary alicyclic amines) is 1. The van der Waals surface area contributed by atoms with Crippen molar-refractivity contribution in [1.29, 1.82) is 0 Å².